The van der Waals surface area contributed by atoms with Crippen molar-refractivity contribution in [3.05, 3.63) is 35.9 Å². The van der Waals surface area contributed by atoms with Crippen LogP contribution < -0.4 is 10.6 Å². The van der Waals surface area contributed by atoms with E-state index in [0.29, 0.717) is 12.1 Å². The van der Waals surface area contributed by atoms with Crippen LogP contribution in [0.25, 0.3) is 0 Å². The number of imide groups is 1. The molecule has 0 radical (unpaired) electrons. The number of carbonyl (C=O) groups is 3. The topological polar surface area (TPSA) is 105 Å². The first-order valence-electron chi connectivity index (χ1n) is 7.17. The molecular weight excluding hydrogens is 300 g/mol. The Bertz CT molecular complexity index is 509. The van der Waals surface area contributed by atoms with Crippen LogP contribution >= 0.6 is 0 Å². The molecule has 0 aliphatic rings. The molecule has 0 atom stereocenters. The number of hydrogen-bond acceptors (Lipinski definition) is 5. The first-order chi connectivity index (χ1) is 10.7. The van der Waals surface area contributed by atoms with Gasteiger partial charge in [-0.25, -0.2) is 4.79 Å². The predicted octanol–water partition coefficient (Wildman–Crippen LogP) is 2.03. The lowest BCUT2D eigenvalue weighted by Gasteiger charge is -2.19. The van der Waals surface area contributed by atoms with E-state index in [4.69, 9.17) is 9.84 Å². The van der Waals surface area contributed by atoms with Gasteiger partial charge in [-0.15, -0.1) is 0 Å². The normalized spacial score (nSPS) is 10.1. The van der Waals surface area contributed by atoms with Gasteiger partial charge < -0.3 is 15.2 Å². The summed E-state index contributed by atoms with van der Waals surface area (Å²) in [5.74, 6) is -1.27. The maximum absolute atomic E-state index is 11.5. The average Bonchev–Trinajstić information content (AvgIpc) is 2.44. The van der Waals surface area contributed by atoms with E-state index in [1.54, 1.807) is 51.1 Å². The Kier molecular flexibility index (Phi) is 9.26. The molecule has 0 unspecified atom stereocenters. The van der Waals surface area contributed by atoms with Crippen molar-refractivity contribution in [3.63, 3.8) is 0 Å². The molecule has 0 aromatic heterocycles. The summed E-state index contributed by atoms with van der Waals surface area (Å²) in [5.41, 5.74) is -0.186. The molecule has 7 heteroatoms. The van der Waals surface area contributed by atoms with Crippen molar-refractivity contribution in [2.75, 3.05) is 13.1 Å². The molecule has 7 nitrogen and oxygen atoms in total. The maximum Gasteiger partial charge on any atom is 0.414 e. The Balaban J connectivity index is 0.000000585. The third-order valence-electron chi connectivity index (χ3n) is 2.18. The Morgan fingerprint density at radius 1 is 1.13 bits per heavy atom. The number of carboxylic acid groups (broad SMARTS) is 1. The molecule has 0 bridgehead atoms. The van der Waals surface area contributed by atoms with E-state index in [-0.39, 0.29) is 6.54 Å². The zero-order valence-electron chi connectivity index (χ0n) is 13.9. The van der Waals surface area contributed by atoms with Crippen LogP contribution in [0.4, 0.5) is 4.79 Å². The number of likely N-dealkylation sites (N-methyl/N-ethyl adjacent to an activating group) is 1. The minimum absolute atomic E-state index is 0.0660. The van der Waals surface area contributed by atoms with Gasteiger partial charge in [0.2, 0.25) is 0 Å². The van der Waals surface area contributed by atoms with Crippen molar-refractivity contribution >= 4 is 18.0 Å². The predicted molar refractivity (Wildman–Crippen MR) is 86.3 cm³/mol. The third kappa shape index (κ3) is 11.9. The highest BCUT2D eigenvalue weighted by molar-refractivity contribution is 6.02. The molecular formula is C16H24N2O5. The Hall–Kier alpha value is -2.41. The number of aliphatic carboxylic acids is 1. The number of alkyl carbamates (subject to hydrolysis) is 1. The number of ether oxygens (including phenoxy) is 1. The number of nitrogens with one attached hydrogen (secondary N) is 2. The fraction of sp³-hybridized carbons (Fsp3) is 0.438. The van der Waals surface area contributed by atoms with Crippen molar-refractivity contribution in [2.24, 2.45) is 0 Å². The number of carbonyl (C=O) groups excluding carboxylic acids is 2. The Morgan fingerprint density at radius 2 is 1.70 bits per heavy atom. The monoisotopic (exact) mass is 324 g/mol. The minimum atomic E-state index is -0.804. The molecule has 0 aliphatic heterocycles. The largest absolute Gasteiger partial charge is 0.480 e. The van der Waals surface area contributed by atoms with Crippen LogP contribution in [0.5, 0.6) is 0 Å². The summed E-state index contributed by atoms with van der Waals surface area (Å²) in [5, 5.41) is 12.8. The van der Waals surface area contributed by atoms with E-state index < -0.39 is 23.6 Å². The molecule has 0 spiro atoms. The number of amides is 2. The van der Waals surface area contributed by atoms with Gasteiger partial charge >= 0.3 is 12.1 Å². The molecule has 2 amide bonds. The van der Waals surface area contributed by atoms with Crippen LogP contribution in [-0.4, -0.2) is 41.8 Å². The number of hydrogen-bond donors (Lipinski definition) is 3. The first-order valence-corrected chi connectivity index (χ1v) is 7.17. The van der Waals surface area contributed by atoms with Gasteiger partial charge in [-0.2, -0.15) is 0 Å². The summed E-state index contributed by atoms with van der Waals surface area (Å²) in [6.07, 6.45) is -0.735. The molecule has 1 aromatic rings. The van der Waals surface area contributed by atoms with E-state index in [9.17, 15) is 14.4 Å². The summed E-state index contributed by atoms with van der Waals surface area (Å²) in [6, 6.07) is 8.50. The average molecular weight is 324 g/mol. The molecule has 0 fully saturated rings. The third-order valence-corrected chi connectivity index (χ3v) is 2.18. The fourth-order valence-corrected chi connectivity index (χ4v) is 1.29. The second-order valence-electron chi connectivity index (χ2n) is 5.50. The van der Waals surface area contributed by atoms with Gasteiger partial charge in [0.15, 0.2) is 0 Å². The SMILES string of the molecule is CC(C)(C)OC(=O)NC(=O)c1ccccc1.CCNCC(=O)O. The van der Waals surface area contributed by atoms with Crippen LogP contribution in [0.15, 0.2) is 30.3 Å². The van der Waals surface area contributed by atoms with Crippen molar-refractivity contribution < 1.29 is 24.2 Å². The highest BCUT2D eigenvalue weighted by Crippen LogP contribution is 2.07. The molecule has 0 saturated carbocycles. The Labute approximate surface area is 136 Å². The van der Waals surface area contributed by atoms with Crippen LogP contribution in [-0.2, 0) is 9.53 Å². The number of carboxylic acids is 1. The van der Waals surface area contributed by atoms with E-state index in [2.05, 4.69) is 10.6 Å². The van der Waals surface area contributed by atoms with Crippen LogP contribution in [0.2, 0.25) is 0 Å². The minimum Gasteiger partial charge on any atom is -0.480 e. The molecule has 3 N–H and O–H groups in total. The lowest BCUT2D eigenvalue weighted by molar-refractivity contribution is -0.135. The standard InChI is InChI=1S/C12H15NO3.C4H9NO2/c1-12(2,3)16-11(15)13-10(14)9-7-5-4-6-8-9;1-2-5-3-4(6)7/h4-8H,1-3H3,(H,13,14,15);5H,2-3H2,1H3,(H,6,7). The van der Waals surface area contributed by atoms with E-state index >= 15 is 0 Å². The van der Waals surface area contributed by atoms with E-state index in [0.717, 1.165) is 0 Å². The Morgan fingerprint density at radius 3 is 2.09 bits per heavy atom. The van der Waals surface area contributed by atoms with Gasteiger partial charge in [0, 0.05) is 5.56 Å². The van der Waals surface area contributed by atoms with Gasteiger partial charge in [-0.3, -0.25) is 14.9 Å². The van der Waals surface area contributed by atoms with E-state index in [1.165, 1.54) is 0 Å². The lowest BCUT2D eigenvalue weighted by Crippen LogP contribution is -2.36. The summed E-state index contributed by atoms with van der Waals surface area (Å²) < 4.78 is 4.96. The van der Waals surface area contributed by atoms with Gasteiger partial charge in [-0.05, 0) is 39.4 Å². The summed E-state index contributed by atoms with van der Waals surface area (Å²) in [7, 11) is 0. The van der Waals surface area contributed by atoms with Crippen molar-refractivity contribution in [2.45, 2.75) is 33.3 Å². The number of benzene rings is 1. The highest BCUT2D eigenvalue weighted by atomic mass is 16.6. The summed E-state index contributed by atoms with van der Waals surface area (Å²) in [6.45, 7) is 7.85. The maximum atomic E-state index is 11.5. The van der Waals surface area contributed by atoms with Gasteiger partial charge in [-0.1, -0.05) is 25.1 Å². The van der Waals surface area contributed by atoms with E-state index in [1.807, 2.05) is 6.92 Å². The van der Waals surface area contributed by atoms with Gasteiger partial charge in [0.25, 0.3) is 5.91 Å². The molecule has 1 aromatic carbocycles. The molecule has 0 saturated heterocycles. The number of rotatable bonds is 4. The smallest absolute Gasteiger partial charge is 0.414 e. The molecule has 128 valence electrons. The van der Waals surface area contributed by atoms with Crippen molar-refractivity contribution in [1.82, 2.24) is 10.6 Å². The highest BCUT2D eigenvalue weighted by Gasteiger charge is 2.18. The van der Waals surface area contributed by atoms with Crippen LogP contribution in [0.1, 0.15) is 38.1 Å². The van der Waals surface area contributed by atoms with Crippen molar-refractivity contribution in [3.8, 4) is 0 Å². The van der Waals surface area contributed by atoms with Gasteiger partial charge in [0.05, 0.1) is 6.54 Å². The lowest BCUT2D eigenvalue weighted by atomic mass is 10.2. The van der Waals surface area contributed by atoms with Crippen molar-refractivity contribution in [1.29, 1.82) is 0 Å². The van der Waals surface area contributed by atoms with Gasteiger partial charge in [0.1, 0.15) is 5.60 Å². The second kappa shape index (κ2) is 10.3. The fourth-order valence-electron chi connectivity index (χ4n) is 1.29. The summed E-state index contributed by atoms with van der Waals surface area (Å²) in [4.78, 5) is 32.5. The quantitative estimate of drug-likeness (QED) is 0.783. The van der Waals surface area contributed by atoms with Crippen LogP contribution in [0, 0.1) is 0 Å². The molecule has 0 aliphatic carbocycles. The first kappa shape index (κ1) is 20.6. The molecule has 0 heterocycles. The second-order valence-corrected chi connectivity index (χ2v) is 5.50. The zero-order valence-corrected chi connectivity index (χ0v) is 13.9. The molecule has 1 rings (SSSR count). The molecule has 23 heavy (non-hydrogen) atoms. The zero-order chi connectivity index (χ0) is 17.9. The summed E-state index contributed by atoms with van der Waals surface area (Å²) >= 11 is 0. The van der Waals surface area contributed by atoms with Crippen LogP contribution in [0.3, 0.4) is 0 Å².